The number of hydrogen-bond donors (Lipinski definition) is 2. The average Bonchev–Trinajstić information content (AvgIpc) is 2.44. The lowest BCUT2D eigenvalue weighted by molar-refractivity contribution is 0.316. The number of benzene rings is 1. The molecule has 0 aliphatic heterocycles. The first-order chi connectivity index (χ1) is 10.5. The van der Waals surface area contributed by atoms with Crippen molar-refractivity contribution in [1.82, 2.24) is 4.98 Å². The van der Waals surface area contributed by atoms with E-state index in [4.69, 9.17) is 22.1 Å². The Balaban J connectivity index is 1.81. The Morgan fingerprint density at radius 2 is 2.00 bits per heavy atom. The summed E-state index contributed by atoms with van der Waals surface area (Å²) < 4.78 is 5.44. The van der Waals surface area contributed by atoms with Crippen molar-refractivity contribution in [2.45, 2.75) is 13.8 Å². The molecule has 0 radical (unpaired) electrons. The van der Waals surface area contributed by atoms with E-state index in [1.165, 1.54) is 17.3 Å². The molecule has 0 saturated heterocycles. The van der Waals surface area contributed by atoms with E-state index in [1.54, 1.807) is 12.1 Å². The number of hydrogen-bond acceptors (Lipinski definition) is 3. The van der Waals surface area contributed by atoms with Crippen molar-refractivity contribution in [2.75, 3.05) is 18.5 Å². The van der Waals surface area contributed by atoms with Gasteiger partial charge in [0.15, 0.2) is 5.96 Å². The first-order valence-corrected chi connectivity index (χ1v) is 7.30. The zero-order valence-electron chi connectivity index (χ0n) is 12.6. The molecular formula is C16H19ClN4O. The van der Waals surface area contributed by atoms with E-state index in [0.717, 1.165) is 5.69 Å². The molecule has 2 aromatic rings. The largest absolute Gasteiger partial charge is 0.476 e. The molecule has 0 aliphatic rings. The lowest BCUT2D eigenvalue weighted by Gasteiger charge is -2.08. The molecule has 2 rings (SSSR count). The molecule has 0 saturated carbocycles. The third-order valence-corrected chi connectivity index (χ3v) is 3.04. The second kappa shape index (κ2) is 7.66. The predicted octanol–water partition coefficient (Wildman–Crippen LogP) is 3.16. The van der Waals surface area contributed by atoms with Gasteiger partial charge >= 0.3 is 0 Å². The highest BCUT2D eigenvalue weighted by molar-refractivity contribution is 6.30. The monoisotopic (exact) mass is 318 g/mol. The molecule has 22 heavy (non-hydrogen) atoms. The summed E-state index contributed by atoms with van der Waals surface area (Å²) in [6.45, 7) is 4.91. The van der Waals surface area contributed by atoms with E-state index in [0.29, 0.717) is 30.0 Å². The first kappa shape index (κ1) is 16.1. The van der Waals surface area contributed by atoms with Gasteiger partial charge in [0, 0.05) is 18.0 Å². The maximum Gasteiger partial charge on any atom is 0.213 e. The van der Waals surface area contributed by atoms with Gasteiger partial charge in [0.25, 0.3) is 0 Å². The van der Waals surface area contributed by atoms with Crippen LogP contribution in [0.5, 0.6) is 5.88 Å². The molecule has 1 aromatic carbocycles. The van der Waals surface area contributed by atoms with Crippen LogP contribution in [-0.4, -0.2) is 24.1 Å². The molecule has 0 atom stereocenters. The maximum absolute atomic E-state index is 5.86. The SMILES string of the molecule is Cc1cc(C)cc(NC(N)=NCCOc2ccc(Cl)cn2)c1. The molecule has 1 heterocycles. The number of nitrogens with two attached hydrogens (primary N) is 1. The number of aryl methyl sites for hydroxylation is 2. The zero-order chi connectivity index (χ0) is 15.9. The lowest BCUT2D eigenvalue weighted by atomic mass is 10.1. The zero-order valence-corrected chi connectivity index (χ0v) is 13.4. The van der Waals surface area contributed by atoms with Crippen molar-refractivity contribution < 1.29 is 4.74 Å². The highest BCUT2D eigenvalue weighted by Crippen LogP contribution is 2.13. The number of ether oxygens (including phenoxy) is 1. The summed E-state index contributed by atoms with van der Waals surface area (Å²) in [5.74, 6) is 0.873. The van der Waals surface area contributed by atoms with Crippen molar-refractivity contribution >= 4 is 23.2 Å². The summed E-state index contributed by atoms with van der Waals surface area (Å²) in [4.78, 5) is 8.25. The van der Waals surface area contributed by atoms with E-state index in [9.17, 15) is 0 Å². The molecule has 0 spiro atoms. The van der Waals surface area contributed by atoms with Gasteiger partial charge in [-0.1, -0.05) is 17.7 Å². The fourth-order valence-electron chi connectivity index (χ4n) is 2.00. The second-order valence-electron chi connectivity index (χ2n) is 4.93. The number of anilines is 1. The summed E-state index contributed by atoms with van der Waals surface area (Å²) in [6.07, 6.45) is 1.54. The standard InChI is InChI=1S/C16H19ClN4O/c1-11-7-12(2)9-14(8-11)21-16(18)19-5-6-22-15-4-3-13(17)10-20-15/h3-4,7-10H,5-6H2,1-2H3,(H3,18,19,21). The molecule has 5 nitrogen and oxygen atoms in total. The number of rotatable bonds is 5. The maximum atomic E-state index is 5.86. The fourth-order valence-corrected chi connectivity index (χ4v) is 2.11. The lowest BCUT2D eigenvalue weighted by Crippen LogP contribution is -2.23. The highest BCUT2D eigenvalue weighted by atomic mass is 35.5. The topological polar surface area (TPSA) is 72.5 Å². The van der Waals surface area contributed by atoms with Crippen LogP contribution in [0.4, 0.5) is 5.69 Å². The summed E-state index contributed by atoms with van der Waals surface area (Å²) >= 11 is 5.75. The number of nitrogens with zero attached hydrogens (tertiary/aromatic N) is 2. The number of guanidine groups is 1. The van der Waals surface area contributed by atoms with E-state index in [2.05, 4.69) is 21.4 Å². The number of nitrogens with one attached hydrogen (secondary N) is 1. The van der Waals surface area contributed by atoms with Gasteiger partial charge in [-0.25, -0.2) is 9.98 Å². The molecule has 6 heteroatoms. The smallest absolute Gasteiger partial charge is 0.213 e. The molecule has 1 aromatic heterocycles. The minimum absolute atomic E-state index is 0.359. The van der Waals surface area contributed by atoms with Gasteiger partial charge in [-0.05, 0) is 43.2 Å². The third kappa shape index (κ3) is 5.26. The normalized spacial score (nSPS) is 11.3. The van der Waals surface area contributed by atoms with Crippen LogP contribution in [0.1, 0.15) is 11.1 Å². The molecule has 0 aliphatic carbocycles. The molecule has 0 bridgehead atoms. The van der Waals surface area contributed by atoms with E-state index in [-0.39, 0.29) is 0 Å². The van der Waals surface area contributed by atoms with Crippen molar-refractivity contribution in [3.8, 4) is 5.88 Å². The highest BCUT2D eigenvalue weighted by Gasteiger charge is 1.98. The minimum Gasteiger partial charge on any atom is -0.476 e. The Bertz CT molecular complexity index is 635. The fraction of sp³-hybridized carbons (Fsp3) is 0.250. The first-order valence-electron chi connectivity index (χ1n) is 6.92. The quantitative estimate of drug-likeness (QED) is 0.504. The van der Waals surface area contributed by atoms with Gasteiger partial charge in [0.1, 0.15) is 6.61 Å². The minimum atomic E-state index is 0.359. The molecule has 116 valence electrons. The molecule has 0 fully saturated rings. The third-order valence-electron chi connectivity index (χ3n) is 2.82. The Hall–Kier alpha value is -2.27. The van der Waals surface area contributed by atoms with Gasteiger partial charge in [-0.15, -0.1) is 0 Å². The number of aromatic nitrogens is 1. The second-order valence-corrected chi connectivity index (χ2v) is 5.37. The van der Waals surface area contributed by atoms with Crippen molar-refractivity contribution in [2.24, 2.45) is 10.7 Å². The van der Waals surface area contributed by atoms with Crippen LogP contribution in [0.25, 0.3) is 0 Å². The van der Waals surface area contributed by atoms with Crippen LogP contribution in [0.2, 0.25) is 5.02 Å². The van der Waals surface area contributed by atoms with Crippen molar-refractivity contribution in [1.29, 1.82) is 0 Å². The van der Waals surface area contributed by atoms with Crippen LogP contribution >= 0.6 is 11.6 Å². The van der Waals surface area contributed by atoms with Crippen LogP contribution in [0.3, 0.4) is 0 Å². The molecule has 0 amide bonds. The average molecular weight is 319 g/mol. The Morgan fingerprint density at radius 1 is 1.27 bits per heavy atom. The predicted molar refractivity (Wildman–Crippen MR) is 90.8 cm³/mol. The Kier molecular flexibility index (Phi) is 5.61. The van der Waals surface area contributed by atoms with Crippen LogP contribution in [-0.2, 0) is 0 Å². The van der Waals surface area contributed by atoms with Crippen LogP contribution in [0, 0.1) is 13.8 Å². The van der Waals surface area contributed by atoms with Gasteiger partial charge in [0.2, 0.25) is 5.88 Å². The summed E-state index contributed by atoms with van der Waals surface area (Å²) in [6, 6.07) is 9.57. The van der Waals surface area contributed by atoms with E-state index in [1.807, 2.05) is 26.0 Å². The van der Waals surface area contributed by atoms with E-state index < -0.39 is 0 Å². The number of halogens is 1. The van der Waals surface area contributed by atoms with Gasteiger partial charge in [0.05, 0.1) is 11.6 Å². The Morgan fingerprint density at radius 3 is 2.64 bits per heavy atom. The number of aliphatic imine (C=N–C) groups is 1. The molecule has 0 unspecified atom stereocenters. The van der Waals surface area contributed by atoms with Gasteiger partial charge in [-0.2, -0.15) is 0 Å². The van der Waals surface area contributed by atoms with Gasteiger partial charge < -0.3 is 15.8 Å². The van der Waals surface area contributed by atoms with Crippen LogP contribution < -0.4 is 15.8 Å². The van der Waals surface area contributed by atoms with Crippen LogP contribution in [0.15, 0.2) is 41.5 Å². The Labute approximate surface area is 135 Å². The molecule has 3 N–H and O–H groups in total. The number of pyridine rings is 1. The van der Waals surface area contributed by atoms with E-state index >= 15 is 0 Å². The van der Waals surface area contributed by atoms with Crippen molar-refractivity contribution in [3.63, 3.8) is 0 Å². The van der Waals surface area contributed by atoms with Gasteiger partial charge in [-0.3, -0.25) is 0 Å². The molecular weight excluding hydrogens is 300 g/mol. The summed E-state index contributed by atoms with van der Waals surface area (Å²) in [5.41, 5.74) is 9.13. The van der Waals surface area contributed by atoms with Crippen molar-refractivity contribution in [3.05, 3.63) is 52.7 Å². The summed E-state index contributed by atoms with van der Waals surface area (Å²) in [5, 5.41) is 3.64. The summed E-state index contributed by atoms with van der Waals surface area (Å²) in [7, 11) is 0.